The lowest BCUT2D eigenvalue weighted by molar-refractivity contribution is -0.384. The summed E-state index contributed by atoms with van der Waals surface area (Å²) >= 11 is 0. The van der Waals surface area contributed by atoms with Crippen LogP contribution in [0, 0.1) is 22.9 Å². The minimum Gasteiger partial charge on any atom is -0.464 e. The molecule has 1 atom stereocenters. The molecule has 2 amide bonds. The van der Waals surface area contributed by atoms with Crippen molar-refractivity contribution < 1.29 is 28.1 Å². The molecule has 1 aliphatic rings. The van der Waals surface area contributed by atoms with E-state index in [2.05, 4.69) is 0 Å². The van der Waals surface area contributed by atoms with Crippen molar-refractivity contribution in [3.8, 4) is 0 Å². The number of halogens is 1. The van der Waals surface area contributed by atoms with Gasteiger partial charge in [0.1, 0.15) is 23.9 Å². The quantitative estimate of drug-likeness (QED) is 0.197. The third kappa shape index (κ3) is 8.08. The van der Waals surface area contributed by atoms with Gasteiger partial charge in [0, 0.05) is 37.9 Å². The number of ether oxygens (including phenoxy) is 1. The molecule has 0 saturated carbocycles. The van der Waals surface area contributed by atoms with Gasteiger partial charge in [-0.05, 0) is 73.4 Å². The zero-order valence-corrected chi connectivity index (χ0v) is 21.6. The van der Waals surface area contributed by atoms with Crippen molar-refractivity contribution in [2.45, 2.75) is 39.0 Å². The van der Waals surface area contributed by atoms with Gasteiger partial charge in [0.2, 0.25) is 11.8 Å². The highest BCUT2D eigenvalue weighted by Gasteiger charge is 2.26. The Morgan fingerprint density at radius 1 is 1.05 bits per heavy atom. The van der Waals surface area contributed by atoms with Crippen molar-refractivity contribution in [1.29, 1.82) is 0 Å². The van der Waals surface area contributed by atoms with E-state index >= 15 is 0 Å². The van der Waals surface area contributed by atoms with Crippen LogP contribution in [0.2, 0.25) is 0 Å². The number of hydrogen-bond acceptors (Lipinski definition) is 6. The highest BCUT2D eigenvalue weighted by molar-refractivity contribution is 5.94. The van der Waals surface area contributed by atoms with Crippen LogP contribution in [0.25, 0.3) is 6.08 Å². The maximum Gasteiger partial charge on any atom is 0.269 e. The van der Waals surface area contributed by atoms with Crippen molar-refractivity contribution in [3.05, 3.63) is 105 Å². The van der Waals surface area contributed by atoms with Crippen LogP contribution in [0.15, 0.2) is 71.2 Å². The van der Waals surface area contributed by atoms with Crippen LogP contribution in [0.1, 0.15) is 35.5 Å². The van der Waals surface area contributed by atoms with E-state index < -0.39 is 4.92 Å². The van der Waals surface area contributed by atoms with Crippen LogP contribution < -0.4 is 0 Å². The third-order valence-corrected chi connectivity index (χ3v) is 6.39. The summed E-state index contributed by atoms with van der Waals surface area (Å²) in [6.07, 6.45) is 4.40. The summed E-state index contributed by atoms with van der Waals surface area (Å²) in [5, 5.41) is 10.9. The van der Waals surface area contributed by atoms with Crippen LogP contribution >= 0.6 is 0 Å². The first-order valence-corrected chi connectivity index (χ1v) is 12.7. The molecule has 0 N–H and O–H groups in total. The van der Waals surface area contributed by atoms with Crippen LogP contribution in [0.3, 0.4) is 0 Å². The van der Waals surface area contributed by atoms with Gasteiger partial charge in [-0.2, -0.15) is 0 Å². The lowest BCUT2D eigenvalue weighted by Crippen LogP contribution is -2.44. The molecule has 1 fully saturated rings. The molecule has 10 heteroatoms. The number of nitro groups is 1. The van der Waals surface area contributed by atoms with Gasteiger partial charge in [-0.3, -0.25) is 19.7 Å². The molecule has 2 heterocycles. The fraction of sp³-hybridized carbons (Fsp3) is 0.310. The van der Waals surface area contributed by atoms with Crippen molar-refractivity contribution >= 4 is 23.6 Å². The van der Waals surface area contributed by atoms with Crippen molar-refractivity contribution in [3.63, 3.8) is 0 Å². The maximum atomic E-state index is 13.6. The van der Waals surface area contributed by atoms with Crippen LogP contribution in [0.5, 0.6) is 0 Å². The summed E-state index contributed by atoms with van der Waals surface area (Å²) < 4.78 is 24.9. The summed E-state index contributed by atoms with van der Waals surface area (Å²) in [7, 11) is 0. The Morgan fingerprint density at radius 2 is 1.79 bits per heavy atom. The second-order valence-corrected chi connectivity index (χ2v) is 9.42. The third-order valence-electron chi connectivity index (χ3n) is 6.39. The van der Waals surface area contributed by atoms with Gasteiger partial charge in [-0.15, -0.1) is 0 Å². The number of furan rings is 1. The van der Waals surface area contributed by atoms with Gasteiger partial charge in [0.05, 0.1) is 17.6 Å². The zero-order chi connectivity index (χ0) is 27.8. The van der Waals surface area contributed by atoms with E-state index in [0.29, 0.717) is 23.7 Å². The monoisotopic (exact) mass is 535 g/mol. The average molecular weight is 536 g/mol. The summed E-state index contributed by atoms with van der Waals surface area (Å²) in [6.45, 7) is 2.87. The highest BCUT2D eigenvalue weighted by Crippen LogP contribution is 2.18. The smallest absolute Gasteiger partial charge is 0.269 e. The minimum absolute atomic E-state index is 0.0444. The first-order chi connectivity index (χ1) is 18.8. The van der Waals surface area contributed by atoms with Gasteiger partial charge in [0.15, 0.2) is 0 Å². The predicted molar refractivity (Wildman–Crippen MR) is 142 cm³/mol. The molecule has 0 spiro atoms. The lowest BCUT2D eigenvalue weighted by Gasteiger charge is -2.28. The summed E-state index contributed by atoms with van der Waals surface area (Å²) in [5.74, 6) is 0.256. The van der Waals surface area contributed by atoms with Crippen molar-refractivity contribution in [2.24, 2.45) is 0 Å². The van der Waals surface area contributed by atoms with Crippen molar-refractivity contribution in [2.75, 3.05) is 19.7 Å². The van der Waals surface area contributed by atoms with E-state index in [1.54, 1.807) is 41.3 Å². The SMILES string of the molecule is Cc1ccc(CN(Cc2ccc(F)cc2)C(=O)CN(CC2CCCO2)C(=O)C=Cc2ccc([N+](=O)[O-])cc2)o1. The summed E-state index contributed by atoms with van der Waals surface area (Å²) in [5.41, 5.74) is 1.31. The highest BCUT2D eigenvalue weighted by atomic mass is 19.1. The van der Waals surface area contributed by atoms with E-state index in [1.165, 1.54) is 35.2 Å². The molecule has 0 aliphatic carbocycles. The van der Waals surface area contributed by atoms with E-state index in [1.807, 2.05) is 13.0 Å². The van der Waals surface area contributed by atoms with Gasteiger partial charge >= 0.3 is 0 Å². The van der Waals surface area contributed by atoms with Crippen LogP contribution in [-0.2, 0) is 27.4 Å². The summed E-state index contributed by atoms with van der Waals surface area (Å²) in [6, 6.07) is 15.3. The van der Waals surface area contributed by atoms with E-state index in [0.717, 1.165) is 18.4 Å². The molecule has 39 heavy (non-hydrogen) atoms. The van der Waals surface area contributed by atoms with E-state index in [-0.39, 0.29) is 55.6 Å². The number of amides is 2. The molecule has 204 valence electrons. The first-order valence-electron chi connectivity index (χ1n) is 12.7. The molecule has 2 aromatic carbocycles. The van der Waals surface area contributed by atoms with Gasteiger partial charge in [-0.1, -0.05) is 12.1 Å². The number of benzene rings is 2. The minimum atomic E-state index is -0.491. The van der Waals surface area contributed by atoms with Crippen LogP contribution in [0.4, 0.5) is 10.1 Å². The molecular formula is C29H30FN3O6. The Bertz CT molecular complexity index is 1310. The number of carbonyl (C=O) groups is 2. The molecular weight excluding hydrogens is 505 g/mol. The Labute approximate surface area is 225 Å². The Kier molecular flexibility index (Phi) is 9.22. The molecule has 1 saturated heterocycles. The van der Waals surface area contributed by atoms with Gasteiger partial charge in [0.25, 0.3) is 5.69 Å². The summed E-state index contributed by atoms with van der Waals surface area (Å²) in [4.78, 5) is 40.2. The topological polar surface area (TPSA) is 106 Å². The van der Waals surface area contributed by atoms with E-state index in [9.17, 15) is 24.1 Å². The van der Waals surface area contributed by atoms with E-state index in [4.69, 9.17) is 9.15 Å². The number of hydrogen-bond donors (Lipinski definition) is 0. The number of nitro benzene ring substituents is 1. The molecule has 0 bridgehead atoms. The molecule has 1 aliphatic heterocycles. The van der Waals surface area contributed by atoms with Gasteiger partial charge < -0.3 is 19.0 Å². The fourth-order valence-electron chi connectivity index (χ4n) is 4.31. The largest absolute Gasteiger partial charge is 0.464 e. The average Bonchev–Trinajstić information content (AvgIpc) is 3.59. The molecule has 1 aromatic heterocycles. The predicted octanol–water partition coefficient (Wildman–Crippen LogP) is 4.89. The first kappa shape index (κ1) is 27.7. The number of aryl methyl sites for hydroxylation is 1. The van der Waals surface area contributed by atoms with Gasteiger partial charge in [-0.25, -0.2) is 4.39 Å². The zero-order valence-electron chi connectivity index (χ0n) is 21.6. The Balaban J connectivity index is 1.51. The fourth-order valence-corrected chi connectivity index (χ4v) is 4.31. The maximum absolute atomic E-state index is 13.6. The number of carbonyl (C=O) groups excluding carboxylic acids is 2. The second kappa shape index (κ2) is 13.0. The van der Waals surface area contributed by atoms with Crippen molar-refractivity contribution in [1.82, 2.24) is 9.80 Å². The number of nitrogens with zero attached hydrogens (tertiary/aromatic N) is 3. The molecule has 4 rings (SSSR count). The normalized spacial score (nSPS) is 15.0. The molecule has 3 aromatic rings. The molecule has 0 radical (unpaired) electrons. The Morgan fingerprint density at radius 3 is 2.41 bits per heavy atom. The second-order valence-electron chi connectivity index (χ2n) is 9.42. The lowest BCUT2D eigenvalue weighted by atomic mass is 10.1. The Hall–Kier alpha value is -4.31. The molecule has 9 nitrogen and oxygen atoms in total. The standard InChI is InChI=1S/C29H30FN3O6/c1-21-4-14-27(39-21)19-31(17-23-5-10-24(30)11-6-23)29(35)20-32(18-26-3-2-16-38-26)28(34)15-9-22-7-12-25(13-8-22)33(36)37/h4-15,26H,2-3,16-20H2,1H3. The number of non-ortho nitro benzene ring substituents is 1. The number of rotatable bonds is 11. The van der Waals surface area contributed by atoms with Crippen LogP contribution in [-0.4, -0.2) is 52.3 Å². The molecule has 1 unspecified atom stereocenters.